The van der Waals surface area contributed by atoms with Crippen LogP contribution in [0.25, 0.3) is 0 Å². The van der Waals surface area contributed by atoms with Gasteiger partial charge in [0.05, 0.1) is 12.2 Å². The lowest BCUT2D eigenvalue weighted by molar-refractivity contribution is -0.134. The van der Waals surface area contributed by atoms with Gasteiger partial charge in [0.2, 0.25) is 5.91 Å². The second-order valence-electron chi connectivity index (χ2n) is 9.81. The van der Waals surface area contributed by atoms with Gasteiger partial charge in [0, 0.05) is 44.7 Å². The minimum Gasteiger partial charge on any atom is -0.373 e. The zero-order valence-electron chi connectivity index (χ0n) is 18.2. The Hall–Kier alpha value is -0.0700. The van der Waals surface area contributed by atoms with E-state index in [1.165, 1.54) is 51.5 Å². The van der Waals surface area contributed by atoms with E-state index < -0.39 is 0 Å². The Morgan fingerprint density at radius 2 is 1.52 bits per heavy atom. The van der Waals surface area contributed by atoms with Gasteiger partial charge in [-0.15, -0.1) is 24.8 Å². The van der Waals surface area contributed by atoms with Crippen molar-refractivity contribution in [2.75, 3.05) is 32.7 Å². The van der Waals surface area contributed by atoms with Gasteiger partial charge in [0.1, 0.15) is 0 Å². The van der Waals surface area contributed by atoms with E-state index in [0.29, 0.717) is 36.1 Å². The van der Waals surface area contributed by atoms with Crippen LogP contribution in [0.15, 0.2) is 0 Å². The molecule has 1 amide bonds. The van der Waals surface area contributed by atoms with Gasteiger partial charge in [-0.05, 0) is 77.2 Å². The van der Waals surface area contributed by atoms with Crippen molar-refractivity contribution >= 4 is 30.7 Å². The van der Waals surface area contributed by atoms with E-state index in [1.807, 2.05) is 0 Å². The average Bonchev–Trinajstić information content (AvgIpc) is 2.98. The molecule has 4 atom stereocenters. The maximum atomic E-state index is 12.8. The SMILES string of the molecule is CC1CN(CCC2CCN(C(=O)CC3CC4CCC(C3)N4)CC2)CC(C)O1.Cl.Cl. The van der Waals surface area contributed by atoms with Crippen LogP contribution >= 0.6 is 24.8 Å². The summed E-state index contributed by atoms with van der Waals surface area (Å²) >= 11 is 0. The zero-order chi connectivity index (χ0) is 18.8. The molecule has 4 heterocycles. The number of ether oxygens (including phenoxy) is 1. The molecular weight excluding hydrogens is 409 g/mol. The number of hydrogen-bond donors (Lipinski definition) is 1. The number of halogens is 2. The van der Waals surface area contributed by atoms with E-state index in [2.05, 4.69) is 29.0 Å². The summed E-state index contributed by atoms with van der Waals surface area (Å²) in [4.78, 5) is 17.5. The predicted molar refractivity (Wildman–Crippen MR) is 122 cm³/mol. The third kappa shape index (κ3) is 6.96. The molecule has 0 aromatic heterocycles. The van der Waals surface area contributed by atoms with Crippen molar-refractivity contribution in [2.45, 2.75) is 89.5 Å². The molecule has 2 bridgehead atoms. The van der Waals surface area contributed by atoms with E-state index in [-0.39, 0.29) is 24.8 Å². The first-order chi connectivity index (χ1) is 13.0. The van der Waals surface area contributed by atoms with Gasteiger partial charge in [-0.2, -0.15) is 0 Å². The molecule has 1 N–H and O–H groups in total. The highest BCUT2D eigenvalue weighted by Crippen LogP contribution is 2.33. The fraction of sp³-hybridized carbons (Fsp3) is 0.955. The van der Waals surface area contributed by atoms with Gasteiger partial charge in [-0.25, -0.2) is 0 Å². The van der Waals surface area contributed by atoms with Crippen LogP contribution in [0.2, 0.25) is 0 Å². The molecule has 170 valence electrons. The number of nitrogens with one attached hydrogen (secondary N) is 1. The van der Waals surface area contributed by atoms with Crippen molar-refractivity contribution in [3.63, 3.8) is 0 Å². The van der Waals surface area contributed by atoms with Crippen LogP contribution in [-0.2, 0) is 9.53 Å². The van der Waals surface area contributed by atoms with Crippen LogP contribution in [0, 0.1) is 11.8 Å². The number of amides is 1. The summed E-state index contributed by atoms with van der Waals surface area (Å²) in [7, 11) is 0. The molecule has 29 heavy (non-hydrogen) atoms. The van der Waals surface area contributed by atoms with Crippen molar-refractivity contribution in [2.24, 2.45) is 11.8 Å². The molecule has 0 saturated carbocycles. The molecule has 0 aliphatic carbocycles. The third-order valence-corrected chi connectivity index (χ3v) is 7.35. The summed E-state index contributed by atoms with van der Waals surface area (Å²) in [5, 5.41) is 3.69. The van der Waals surface area contributed by atoms with Crippen LogP contribution in [0.5, 0.6) is 0 Å². The first-order valence-electron chi connectivity index (χ1n) is 11.5. The molecule has 0 spiro atoms. The summed E-state index contributed by atoms with van der Waals surface area (Å²) < 4.78 is 5.84. The lowest BCUT2D eigenvalue weighted by atomic mass is 9.88. The normalized spacial score (nSPS) is 35.7. The van der Waals surface area contributed by atoms with Crippen molar-refractivity contribution in [1.82, 2.24) is 15.1 Å². The van der Waals surface area contributed by atoms with E-state index in [9.17, 15) is 4.79 Å². The van der Waals surface area contributed by atoms with Gasteiger partial charge in [-0.3, -0.25) is 9.69 Å². The summed E-state index contributed by atoms with van der Waals surface area (Å²) in [6, 6.07) is 1.39. The van der Waals surface area contributed by atoms with Gasteiger partial charge >= 0.3 is 0 Å². The second kappa shape index (κ2) is 11.5. The smallest absolute Gasteiger partial charge is 0.222 e. The highest BCUT2D eigenvalue weighted by molar-refractivity contribution is 5.85. The molecule has 0 radical (unpaired) electrons. The van der Waals surface area contributed by atoms with Crippen LogP contribution < -0.4 is 5.32 Å². The average molecular weight is 450 g/mol. The molecule has 4 unspecified atom stereocenters. The van der Waals surface area contributed by atoms with Crippen LogP contribution in [-0.4, -0.2) is 72.7 Å². The van der Waals surface area contributed by atoms with E-state index in [4.69, 9.17) is 4.74 Å². The quantitative estimate of drug-likeness (QED) is 0.697. The molecule has 4 saturated heterocycles. The number of hydrogen-bond acceptors (Lipinski definition) is 4. The number of likely N-dealkylation sites (tertiary alicyclic amines) is 1. The fourth-order valence-corrected chi connectivity index (χ4v) is 6.02. The topological polar surface area (TPSA) is 44.8 Å². The number of morpholine rings is 1. The Bertz CT molecular complexity index is 494. The molecular formula is C22H41Cl2N3O2. The summed E-state index contributed by atoms with van der Waals surface area (Å²) in [6.07, 6.45) is 10.3. The van der Waals surface area contributed by atoms with Crippen molar-refractivity contribution in [3.8, 4) is 0 Å². The molecule has 4 aliphatic rings. The van der Waals surface area contributed by atoms with Gasteiger partial charge < -0.3 is 15.0 Å². The summed E-state index contributed by atoms with van der Waals surface area (Å²) in [5.41, 5.74) is 0. The highest BCUT2D eigenvalue weighted by Gasteiger charge is 2.35. The fourth-order valence-electron chi connectivity index (χ4n) is 6.02. The molecule has 0 aromatic carbocycles. The molecule has 4 rings (SSSR count). The minimum absolute atomic E-state index is 0. The molecule has 4 aliphatic heterocycles. The van der Waals surface area contributed by atoms with Crippen LogP contribution in [0.3, 0.4) is 0 Å². The standard InChI is InChI=1S/C22H39N3O2.2ClH/c1-16-14-24(15-17(2)27-16)8-5-18-6-9-25(10-7-18)22(26)13-19-11-20-3-4-21(12-19)23-20;;/h16-21,23H,3-15H2,1-2H3;2*1H. The van der Waals surface area contributed by atoms with Gasteiger partial charge in [0.15, 0.2) is 0 Å². The highest BCUT2D eigenvalue weighted by atomic mass is 35.5. The Labute approximate surface area is 189 Å². The van der Waals surface area contributed by atoms with Crippen LogP contribution in [0.1, 0.15) is 65.2 Å². The number of rotatable bonds is 5. The first-order valence-corrected chi connectivity index (χ1v) is 11.5. The number of carbonyl (C=O) groups excluding carboxylic acids is 1. The largest absolute Gasteiger partial charge is 0.373 e. The first kappa shape index (κ1) is 25.2. The van der Waals surface area contributed by atoms with E-state index in [0.717, 1.165) is 38.5 Å². The number of nitrogens with zero attached hydrogens (tertiary/aromatic N) is 2. The van der Waals surface area contributed by atoms with Crippen molar-refractivity contribution < 1.29 is 9.53 Å². The van der Waals surface area contributed by atoms with E-state index in [1.54, 1.807) is 0 Å². The van der Waals surface area contributed by atoms with Crippen LogP contribution in [0.4, 0.5) is 0 Å². The minimum atomic E-state index is 0. The Kier molecular flexibility index (Phi) is 10.0. The third-order valence-electron chi connectivity index (χ3n) is 7.35. The maximum absolute atomic E-state index is 12.8. The molecule has 4 fully saturated rings. The van der Waals surface area contributed by atoms with Crippen molar-refractivity contribution in [1.29, 1.82) is 0 Å². The van der Waals surface area contributed by atoms with Gasteiger partial charge in [0.25, 0.3) is 0 Å². The van der Waals surface area contributed by atoms with E-state index >= 15 is 0 Å². The number of carbonyl (C=O) groups is 1. The predicted octanol–water partition coefficient (Wildman–Crippen LogP) is 3.49. The second-order valence-corrected chi connectivity index (χ2v) is 9.81. The Morgan fingerprint density at radius 3 is 2.10 bits per heavy atom. The summed E-state index contributed by atoms with van der Waals surface area (Å²) in [6.45, 7) is 9.66. The number of piperidine rings is 2. The lowest BCUT2D eigenvalue weighted by Crippen LogP contribution is -2.46. The number of fused-ring (bicyclic) bond motifs is 2. The summed E-state index contributed by atoms with van der Waals surface area (Å²) in [5.74, 6) is 1.84. The molecule has 0 aromatic rings. The Balaban J connectivity index is 0.00000150. The maximum Gasteiger partial charge on any atom is 0.222 e. The molecule has 7 heteroatoms. The molecule has 5 nitrogen and oxygen atoms in total. The lowest BCUT2D eigenvalue weighted by Gasteiger charge is -2.37. The Morgan fingerprint density at radius 1 is 0.931 bits per heavy atom. The zero-order valence-corrected chi connectivity index (χ0v) is 19.8. The monoisotopic (exact) mass is 449 g/mol. The van der Waals surface area contributed by atoms with Gasteiger partial charge in [-0.1, -0.05) is 0 Å². The van der Waals surface area contributed by atoms with Crippen molar-refractivity contribution in [3.05, 3.63) is 0 Å².